The van der Waals surface area contributed by atoms with Crippen LogP contribution in [0.3, 0.4) is 0 Å². The highest BCUT2D eigenvalue weighted by atomic mass is 16.5. The van der Waals surface area contributed by atoms with Crippen LogP contribution in [-0.2, 0) is 9.47 Å². The highest BCUT2D eigenvalue weighted by molar-refractivity contribution is 4.94. The molecule has 11 heavy (non-hydrogen) atoms. The predicted molar refractivity (Wildman–Crippen MR) is 42.2 cm³/mol. The van der Waals surface area contributed by atoms with E-state index in [1.165, 1.54) is 0 Å². The van der Waals surface area contributed by atoms with E-state index in [9.17, 15) is 0 Å². The lowest BCUT2D eigenvalue weighted by molar-refractivity contribution is 0.0424. The lowest BCUT2D eigenvalue weighted by atomic mass is 10.6. The van der Waals surface area contributed by atoms with Gasteiger partial charge in [-0.25, -0.2) is 0 Å². The Labute approximate surface area is 67.3 Å². The molecule has 1 N–H and O–H groups in total. The van der Waals surface area contributed by atoms with Crippen LogP contribution in [0, 0.1) is 11.8 Å². The average Bonchev–Trinajstić information content (AvgIpc) is 2.03. The molecule has 0 rings (SSSR count). The summed E-state index contributed by atoms with van der Waals surface area (Å²) in [5, 5.41) is 8.32. The highest BCUT2D eigenvalue weighted by Gasteiger charge is 1.85. The molecule has 0 aliphatic rings. The second-order valence-corrected chi connectivity index (χ2v) is 1.82. The van der Waals surface area contributed by atoms with Gasteiger partial charge >= 0.3 is 0 Å². The normalized spacial score (nSPS) is 8.91. The summed E-state index contributed by atoms with van der Waals surface area (Å²) in [6.45, 7) is 3.73. The van der Waals surface area contributed by atoms with Crippen LogP contribution in [0.2, 0.25) is 0 Å². The summed E-state index contributed by atoms with van der Waals surface area (Å²) < 4.78 is 9.98. The second kappa shape index (κ2) is 9.44. The zero-order chi connectivity index (χ0) is 8.36. The summed E-state index contributed by atoms with van der Waals surface area (Å²) in [4.78, 5) is 0. The van der Waals surface area contributed by atoms with E-state index in [0.717, 1.165) is 0 Å². The first-order valence-electron chi connectivity index (χ1n) is 3.57. The Bertz CT molecular complexity index is 123. The van der Waals surface area contributed by atoms with Crippen molar-refractivity contribution in [3.05, 3.63) is 0 Å². The molecule has 0 fully saturated rings. The Hall–Kier alpha value is -0.560. The van der Waals surface area contributed by atoms with E-state index in [1.54, 1.807) is 6.92 Å². The smallest absolute Gasteiger partial charge is 0.107 e. The van der Waals surface area contributed by atoms with Crippen LogP contribution < -0.4 is 0 Å². The zero-order valence-electron chi connectivity index (χ0n) is 6.80. The molecule has 0 heterocycles. The van der Waals surface area contributed by atoms with Crippen molar-refractivity contribution in [3.63, 3.8) is 0 Å². The van der Waals surface area contributed by atoms with Crippen molar-refractivity contribution in [3.8, 4) is 11.8 Å². The van der Waals surface area contributed by atoms with Crippen molar-refractivity contribution in [1.29, 1.82) is 0 Å². The number of rotatable bonds is 6. The van der Waals surface area contributed by atoms with E-state index in [0.29, 0.717) is 26.4 Å². The first-order chi connectivity index (χ1) is 5.41. The molecule has 0 aromatic carbocycles. The molecule has 64 valence electrons. The first kappa shape index (κ1) is 10.4. The third-order valence-electron chi connectivity index (χ3n) is 0.959. The first-order valence-corrected chi connectivity index (χ1v) is 3.57. The summed E-state index contributed by atoms with van der Waals surface area (Å²) in [6.07, 6.45) is 0. The van der Waals surface area contributed by atoms with Crippen molar-refractivity contribution >= 4 is 0 Å². The van der Waals surface area contributed by atoms with Gasteiger partial charge in [-0.2, -0.15) is 0 Å². The highest BCUT2D eigenvalue weighted by Crippen LogP contribution is 1.76. The van der Waals surface area contributed by atoms with Gasteiger partial charge in [-0.3, -0.25) is 0 Å². The van der Waals surface area contributed by atoms with Crippen molar-refractivity contribution < 1.29 is 14.6 Å². The van der Waals surface area contributed by atoms with Gasteiger partial charge in [0, 0.05) is 0 Å². The van der Waals surface area contributed by atoms with Crippen molar-refractivity contribution in [2.75, 3.05) is 33.0 Å². The molecule has 0 saturated carbocycles. The molecule has 0 aliphatic carbocycles. The monoisotopic (exact) mass is 158 g/mol. The van der Waals surface area contributed by atoms with Gasteiger partial charge in [0.25, 0.3) is 0 Å². The lowest BCUT2D eigenvalue weighted by Gasteiger charge is -2.00. The molecule has 0 aromatic rings. The standard InChI is InChI=1S/C8H14O3/c1-2-3-5-10-7-8-11-6-4-9/h9H,4-8H2,1H3. The van der Waals surface area contributed by atoms with Gasteiger partial charge in [-0.05, 0) is 6.92 Å². The minimum Gasteiger partial charge on any atom is -0.394 e. The lowest BCUT2D eigenvalue weighted by Crippen LogP contribution is -2.07. The summed E-state index contributed by atoms with van der Waals surface area (Å²) >= 11 is 0. The van der Waals surface area contributed by atoms with Crippen LogP contribution in [0.5, 0.6) is 0 Å². The van der Waals surface area contributed by atoms with Crippen LogP contribution in [0.1, 0.15) is 6.92 Å². The molecule has 0 radical (unpaired) electrons. The summed E-state index contributed by atoms with van der Waals surface area (Å²) in [6, 6.07) is 0. The summed E-state index contributed by atoms with van der Waals surface area (Å²) in [5.41, 5.74) is 0. The number of hydrogen-bond donors (Lipinski definition) is 1. The van der Waals surface area contributed by atoms with Gasteiger partial charge in [0.05, 0.1) is 26.4 Å². The SMILES string of the molecule is CC#CCOCCOCCO. The van der Waals surface area contributed by atoms with Crippen molar-refractivity contribution in [1.82, 2.24) is 0 Å². The maximum Gasteiger partial charge on any atom is 0.107 e. The van der Waals surface area contributed by atoms with Crippen LogP contribution in [0.25, 0.3) is 0 Å². The Morgan fingerprint density at radius 1 is 1.18 bits per heavy atom. The predicted octanol–water partition coefficient (Wildman–Crippen LogP) is 0.0352. The topological polar surface area (TPSA) is 38.7 Å². The Kier molecular flexibility index (Phi) is 8.96. The van der Waals surface area contributed by atoms with Gasteiger partial charge in [-0.1, -0.05) is 5.92 Å². The fraction of sp³-hybridized carbons (Fsp3) is 0.750. The van der Waals surface area contributed by atoms with Gasteiger partial charge in [0.15, 0.2) is 0 Å². The Balaban J connectivity index is 2.83. The zero-order valence-corrected chi connectivity index (χ0v) is 6.80. The molecular formula is C8H14O3. The third kappa shape index (κ3) is 9.44. The molecule has 3 heteroatoms. The van der Waals surface area contributed by atoms with Gasteiger partial charge in [0.1, 0.15) is 6.61 Å². The summed E-state index contributed by atoms with van der Waals surface area (Å²) in [5.74, 6) is 5.48. The molecule has 0 atom stereocenters. The quantitative estimate of drug-likeness (QED) is 0.438. The van der Waals surface area contributed by atoms with Crippen LogP contribution in [-0.4, -0.2) is 38.1 Å². The summed E-state index contributed by atoms with van der Waals surface area (Å²) in [7, 11) is 0. The van der Waals surface area contributed by atoms with Crippen LogP contribution in [0.15, 0.2) is 0 Å². The largest absolute Gasteiger partial charge is 0.394 e. The maximum absolute atomic E-state index is 8.32. The fourth-order valence-electron chi connectivity index (χ4n) is 0.480. The van der Waals surface area contributed by atoms with Crippen molar-refractivity contribution in [2.45, 2.75) is 6.92 Å². The number of hydrogen-bond acceptors (Lipinski definition) is 3. The average molecular weight is 158 g/mol. The maximum atomic E-state index is 8.32. The Morgan fingerprint density at radius 2 is 1.91 bits per heavy atom. The number of aliphatic hydroxyl groups excluding tert-OH is 1. The van der Waals surface area contributed by atoms with E-state index in [2.05, 4.69) is 11.8 Å². The minimum atomic E-state index is 0.0643. The molecule has 0 amide bonds. The van der Waals surface area contributed by atoms with E-state index < -0.39 is 0 Å². The molecule has 0 aromatic heterocycles. The van der Waals surface area contributed by atoms with E-state index in [-0.39, 0.29) is 6.61 Å². The molecule has 0 unspecified atom stereocenters. The van der Waals surface area contributed by atoms with Crippen molar-refractivity contribution in [2.24, 2.45) is 0 Å². The molecule has 0 bridgehead atoms. The number of aliphatic hydroxyl groups is 1. The minimum absolute atomic E-state index is 0.0643. The molecule has 0 aliphatic heterocycles. The molecule has 0 saturated heterocycles. The fourth-order valence-corrected chi connectivity index (χ4v) is 0.480. The van der Waals surface area contributed by atoms with E-state index in [1.807, 2.05) is 0 Å². The number of ether oxygens (including phenoxy) is 2. The second-order valence-electron chi connectivity index (χ2n) is 1.82. The van der Waals surface area contributed by atoms with Crippen LogP contribution in [0.4, 0.5) is 0 Å². The van der Waals surface area contributed by atoms with E-state index >= 15 is 0 Å². The molecule has 3 nitrogen and oxygen atoms in total. The van der Waals surface area contributed by atoms with E-state index in [4.69, 9.17) is 14.6 Å². The van der Waals surface area contributed by atoms with Crippen LogP contribution >= 0.6 is 0 Å². The molecular weight excluding hydrogens is 144 g/mol. The van der Waals surface area contributed by atoms with Gasteiger partial charge < -0.3 is 14.6 Å². The Morgan fingerprint density at radius 3 is 2.55 bits per heavy atom. The molecule has 0 spiro atoms. The third-order valence-corrected chi connectivity index (χ3v) is 0.959. The van der Waals surface area contributed by atoms with Gasteiger partial charge in [0.2, 0.25) is 0 Å². The van der Waals surface area contributed by atoms with Gasteiger partial charge in [-0.15, -0.1) is 5.92 Å².